The Balaban J connectivity index is 0.000000137. The molecule has 9 aromatic carbocycles. The van der Waals surface area contributed by atoms with E-state index in [0.29, 0.717) is 10.8 Å². The lowest BCUT2D eigenvalue weighted by molar-refractivity contribution is 0.409. The number of fused-ring (bicyclic) bond motifs is 9. The van der Waals surface area contributed by atoms with Gasteiger partial charge in [0.2, 0.25) is 0 Å². The Hall–Kier alpha value is -9.66. The van der Waals surface area contributed by atoms with Crippen LogP contribution in [0.4, 0.5) is 0 Å². The van der Waals surface area contributed by atoms with Crippen molar-refractivity contribution in [1.82, 2.24) is 4.57 Å². The fraction of sp³-hybridized carbons (Fsp3) is 0.286. The first-order valence-electron chi connectivity index (χ1n) is 36.8. The Morgan fingerprint density at radius 2 is 0.810 bits per heavy atom. The van der Waals surface area contributed by atoms with Gasteiger partial charge in [0.15, 0.2) is 0 Å². The molecule has 7 aromatic heterocycles. The van der Waals surface area contributed by atoms with E-state index in [1.54, 1.807) is 30.1 Å². The molecule has 0 aliphatic heterocycles. The SMILES string of the molecule is CC(C)(C)c1cccc2c1oc1c(-c3ccccc3)cccc12.CC(C)(C)c1cccc2oc3cccc(-c4ccccc4)c3c12.CC(C)(C)c1ccccc1-n1c2ccccc2c2ccccc21.CC(C)(C)c1ccco1.CC(C)(C)c1cccs1.CC(C)(C)c1ccoc1.CC(C)(C)c1ccsc1. The normalized spacial score (nSPS) is 12.0. The topological polar surface area (TPSA) is 57.5 Å². The zero-order valence-electron chi connectivity index (χ0n) is 66.0. The van der Waals surface area contributed by atoms with Crippen molar-refractivity contribution in [2.24, 2.45) is 0 Å². The minimum atomic E-state index is 0.0558. The van der Waals surface area contributed by atoms with Crippen molar-refractivity contribution in [2.75, 3.05) is 0 Å². The van der Waals surface area contributed by atoms with E-state index in [0.717, 1.165) is 33.7 Å². The number of furan rings is 4. The molecule has 0 spiro atoms. The molecule has 0 saturated carbocycles. The Morgan fingerprint density at radius 1 is 0.314 bits per heavy atom. The molecule has 7 heterocycles. The minimum absolute atomic E-state index is 0.0558. The summed E-state index contributed by atoms with van der Waals surface area (Å²) in [7, 11) is 0. The second-order valence-electron chi connectivity index (χ2n) is 34.3. The van der Waals surface area contributed by atoms with E-state index >= 15 is 0 Å². The first-order chi connectivity index (χ1) is 49.6. The summed E-state index contributed by atoms with van der Waals surface area (Å²) < 4.78 is 25.1. The van der Waals surface area contributed by atoms with Crippen LogP contribution >= 0.6 is 22.7 Å². The standard InChI is InChI=1S/C22H21N.2C22H20O.2C8H12O.2C8H12S/c1-22(2,3)18-12-6-9-15-21(18)23-19-13-7-4-10-16(19)17-11-5-8-14-20(17)23;1-22(2,3)17-12-8-14-19-21(17)20-16(11-7-13-18(20)23-19)15-9-5-4-6-10-15;1-22(2,3)19-14-8-13-18-17-12-7-11-16(20(17)23-21(18)19)15-9-5-4-6-10-15;1-8(2,3)7-4-5-9-6-7;1-8(2,3)7-5-4-6-9-7;1-8(2,3)7-4-5-9-6-7;1-8(2,3)7-5-4-6-9-7/h4-15H,1-3H3;2*4-14H,1-3H3;4*4-6H,1-3H3. The highest BCUT2D eigenvalue weighted by Gasteiger charge is 2.26. The maximum Gasteiger partial charge on any atom is 0.143 e. The van der Waals surface area contributed by atoms with Gasteiger partial charge in [0, 0.05) is 59.4 Å². The smallest absolute Gasteiger partial charge is 0.143 e. The summed E-state index contributed by atoms with van der Waals surface area (Å²) in [6, 6.07) is 85.0. The van der Waals surface area contributed by atoms with Gasteiger partial charge in [0.05, 0.1) is 29.8 Å². The van der Waals surface area contributed by atoms with Crippen LogP contribution in [0.15, 0.2) is 295 Å². The molecule has 0 amide bonds. The Kier molecular flexibility index (Phi) is 24.0. The van der Waals surface area contributed by atoms with Gasteiger partial charge in [-0.25, -0.2) is 0 Å². The number of thiophene rings is 2. The van der Waals surface area contributed by atoms with E-state index in [1.165, 1.54) is 98.4 Å². The molecule has 16 rings (SSSR count). The fourth-order valence-electron chi connectivity index (χ4n) is 12.9. The third-order valence-corrected chi connectivity index (χ3v) is 20.6. The van der Waals surface area contributed by atoms with Crippen LogP contribution in [0.2, 0.25) is 0 Å². The van der Waals surface area contributed by atoms with Gasteiger partial charge in [0.1, 0.15) is 28.1 Å². The van der Waals surface area contributed by atoms with E-state index in [4.69, 9.17) is 17.7 Å². The predicted octanol–water partition coefficient (Wildman–Crippen LogP) is 30.4. The molecule has 0 bridgehead atoms. The lowest BCUT2D eigenvalue weighted by atomic mass is 9.83. The zero-order valence-corrected chi connectivity index (χ0v) is 67.6. The van der Waals surface area contributed by atoms with Gasteiger partial charge in [0.25, 0.3) is 0 Å². The summed E-state index contributed by atoms with van der Waals surface area (Å²) in [5.74, 6) is 1.04. The highest BCUT2D eigenvalue weighted by Crippen LogP contribution is 2.44. The molecule has 0 radical (unpaired) electrons. The van der Waals surface area contributed by atoms with Crippen molar-refractivity contribution >= 4 is 88.4 Å². The van der Waals surface area contributed by atoms with Gasteiger partial charge in [-0.2, -0.15) is 11.3 Å². The lowest BCUT2D eigenvalue weighted by Gasteiger charge is -2.24. The number of para-hydroxylation sites is 5. The van der Waals surface area contributed by atoms with Crippen LogP contribution in [-0.4, -0.2) is 4.57 Å². The van der Waals surface area contributed by atoms with Crippen molar-refractivity contribution in [3.05, 3.63) is 316 Å². The van der Waals surface area contributed by atoms with Gasteiger partial charge < -0.3 is 22.2 Å². The third-order valence-electron chi connectivity index (χ3n) is 18.7. The number of hydrogen-bond acceptors (Lipinski definition) is 6. The number of hydrogen-bond donors (Lipinski definition) is 0. The molecule has 16 aromatic rings. The molecule has 7 heteroatoms. The number of rotatable bonds is 3. The molecule has 0 atom stereocenters. The molecule has 0 N–H and O–H groups in total. The van der Waals surface area contributed by atoms with Crippen LogP contribution in [0.5, 0.6) is 0 Å². The number of nitrogens with zero attached hydrogens (tertiary/aromatic N) is 1. The van der Waals surface area contributed by atoms with Gasteiger partial charge in [-0.1, -0.05) is 327 Å². The average Bonchev–Trinajstić information content (AvgIpc) is 1.62. The van der Waals surface area contributed by atoms with Crippen LogP contribution in [0, 0.1) is 0 Å². The molecule has 542 valence electrons. The van der Waals surface area contributed by atoms with Gasteiger partial charge in [-0.05, 0) is 148 Å². The second kappa shape index (κ2) is 32.4. The van der Waals surface area contributed by atoms with Crippen molar-refractivity contribution in [2.45, 2.75) is 183 Å². The molecular weight excluding hydrogens is 1320 g/mol. The van der Waals surface area contributed by atoms with Gasteiger partial charge in [-0.3, -0.25) is 0 Å². The maximum absolute atomic E-state index is 6.40. The zero-order chi connectivity index (χ0) is 75.7. The summed E-state index contributed by atoms with van der Waals surface area (Å²) in [5, 5.41) is 13.9. The largest absolute Gasteiger partial charge is 0.472 e. The van der Waals surface area contributed by atoms with Crippen LogP contribution in [-0.2, 0) is 37.9 Å². The molecule has 0 aliphatic rings. The average molecular weight is 1430 g/mol. The summed E-state index contributed by atoms with van der Waals surface area (Å²) in [6.07, 6.45) is 5.21. The van der Waals surface area contributed by atoms with Crippen molar-refractivity contribution in [3.63, 3.8) is 0 Å². The van der Waals surface area contributed by atoms with Crippen LogP contribution in [0.1, 0.15) is 184 Å². The molecular formula is C98H109NO4S2. The molecule has 0 fully saturated rings. The van der Waals surface area contributed by atoms with E-state index < -0.39 is 0 Å². The third kappa shape index (κ3) is 19.1. The van der Waals surface area contributed by atoms with Gasteiger partial charge >= 0.3 is 0 Å². The van der Waals surface area contributed by atoms with Crippen LogP contribution in [0.25, 0.3) is 93.6 Å². The van der Waals surface area contributed by atoms with Crippen molar-refractivity contribution < 1.29 is 17.7 Å². The summed E-state index contributed by atoms with van der Waals surface area (Å²) >= 11 is 3.60. The number of aromatic nitrogens is 1. The number of benzene rings is 9. The van der Waals surface area contributed by atoms with Crippen molar-refractivity contribution in [3.8, 4) is 27.9 Å². The molecule has 105 heavy (non-hydrogen) atoms. The highest BCUT2D eigenvalue weighted by molar-refractivity contribution is 7.10. The first kappa shape index (κ1) is 77.9. The van der Waals surface area contributed by atoms with E-state index in [1.807, 2.05) is 35.6 Å². The quantitative estimate of drug-likeness (QED) is 0.177. The summed E-state index contributed by atoms with van der Waals surface area (Å²) in [5.41, 5.74) is 20.5. The highest BCUT2D eigenvalue weighted by atomic mass is 32.1. The molecule has 0 saturated heterocycles. The Morgan fingerprint density at radius 3 is 1.29 bits per heavy atom. The lowest BCUT2D eigenvalue weighted by Crippen LogP contribution is -2.15. The summed E-state index contributed by atoms with van der Waals surface area (Å²) in [4.78, 5) is 1.46. The Bertz CT molecular complexity index is 5130. The van der Waals surface area contributed by atoms with E-state index in [-0.39, 0.29) is 27.1 Å². The molecule has 0 unspecified atom stereocenters. The van der Waals surface area contributed by atoms with E-state index in [9.17, 15) is 0 Å². The van der Waals surface area contributed by atoms with Crippen LogP contribution in [0.3, 0.4) is 0 Å². The molecule has 0 aliphatic carbocycles. The first-order valence-corrected chi connectivity index (χ1v) is 38.6. The van der Waals surface area contributed by atoms with Crippen molar-refractivity contribution in [1.29, 1.82) is 0 Å². The monoisotopic (exact) mass is 1430 g/mol. The summed E-state index contributed by atoms with van der Waals surface area (Å²) in [6.45, 7) is 46.6. The second-order valence-corrected chi connectivity index (χ2v) is 36.0. The molecule has 5 nitrogen and oxygen atoms in total. The fourth-order valence-corrected chi connectivity index (χ4v) is 14.6. The van der Waals surface area contributed by atoms with E-state index in [2.05, 4.69) is 384 Å². The Labute approximate surface area is 633 Å². The van der Waals surface area contributed by atoms with Gasteiger partial charge in [-0.15, -0.1) is 11.3 Å². The predicted molar refractivity (Wildman–Crippen MR) is 456 cm³/mol. The minimum Gasteiger partial charge on any atom is -0.472 e. The maximum atomic E-state index is 6.40. The van der Waals surface area contributed by atoms with Crippen LogP contribution < -0.4 is 0 Å².